The molecule has 0 heterocycles. The van der Waals surface area contributed by atoms with Gasteiger partial charge in [0.05, 0.1) is 13.0 Å². The van der Waals surface area contributed by atoms with E-state index in [1.54, 1.807) is 18.2 Å². The summed E-state index contributed by atoms with van der Waals surface area (Å²) in [6.45, 7) is 0.236. The average Bonchev–Trinajstić information content (AvgIpc) is 2.33. The highest BCUT2D eigenvalue weighted by molar-refractivity contribution is 5.78. The number of rotatable bonds is 6. The van der Waals surface area contributed by atoms with Crippen LogP contribution in [0.2, 0.25) is 0 Å². The summed E-state index contributed by atoms with van der Waals surface area (Å²) < 4.78 is 23.1. The summed E-state index contributed by atoms with van der Waals surface area (Å²) in [6, 6.07) is 6.19. The lowest BCUT2D eigenvalue weighted by molar-refractivity contribution is -0.126. The van der Waals surface area contributed by atoms with E-state index in [2.05, 4.69) is 5.32 Å². The third-order valence-electron chi connectivity index (χ3n) is 2.30. The number of benzene rings is 1. The van der Waals surface area contributed by atoms with Crippen molar-refractivity contribution in [2.24, 2.45) is 0 Å². The molecule has 0 aliphatic heterocycles. The fourth-order valence-corrected chi connectivity index (χ4v) is 1.34. The number of methoxy groups -OCH3 is 2. The van der Waals surface area contributed by atoms with Gasteiger partial charge in [0.15, 0.2) is 6.29 Å². The second-order valence-electron chi connectivity index (χ2n) is 3.47. The quantitative estimate of drug-likeness (QED) is 0.759. The minimum atomic E-state index is -0.487. The van der Waals surface area contributed by atoms with Crippen molar-refractivity contribution in [1.82, 2.24) is 5.32 Å². The minimum absolute atomic E-state index is 0.00677. The van der Waals surface area contributed by atoms with E-state index in [1.165, 1.54) is 20.3 Å². The highest BCUT2D eigenvalue weighted by atomic mass is 19.1. The molecule has 0 spiro atoms. The maximum absolute atomic E-state index is 13.3. The number of carbonyl (C=O) groups excluding carboxylic acids is 1. The Morgan fingerprint density at radius 1 is 1.35 bits per heavy atom. The van der Waals surface area contributed by atoms with Crippen LogP contribution >= 0.6 is 0 Å². The van der Waals surface area contributed by atoms with Crippen molar-refractivity contribution in [3.8, 4) is 0 Å². The standard InChI is InChI=1S/C12H16FNO3/c1-16-12(17-2)8-14-11(15)7-9-5-3-4-6-10(9)13/h3-6,12H,7-8H2,1-2H3,(H,14,15). The van der Waals surface area contributed by atoms with Crippen LogP contribution in [0.1, 0.15) is 5.56 Å². The first kappa shape index (κ1) is 13.6. The Morgan fingerprint density at radius 2 is 2.00 bits per heavy atom. The Morgan fingerprint density at radius 3 is 2.59 bits per heavy atom. The topological polar surface area (TPSA) is 47.6 Å². The molecule has 1 rings (SSSR count). The van der Waals surface area contributed by atoms with E-state index in [4.69, 9.17) is 9.47 Å². The molecule has 1 N–H and O–H groups in total. The summed E-state index contributed by atoms with van der Waals surface area (Å²) in [5.74, 6) is -0.646. The van der Waals surface area contributed by atoms with Crippen LogP contribution in [0.25, 0.3) is 0 Å². The summed E-state index contributed by atoms with van der Waals surface area (Å²) >= 11 is 0. The Balaban J connectivity index is 2.42. The fourth-order valence-electron chi connectivity index (χ4n) is 1.34. The Labute approximate surface area is 99.7 Å². The molecule has 0 aromatic heterocycles. The van der Waals surface area contributed by atoms with E-state index >= 15 is 0 Å². The second kappa shape index (κ2) is 6.98. The first-order valence-corrected chi connectivity index (χ1v) is 5.23. The van der Waals surface area contributed by atoms with Crippen molar-refractivity contribution < 1.29 is 18.7 Å². The number of ether oxygens (including phenoxy) is 2. The summed E-state index contributed by atoms with van der Waals surface area (Å²) in [7, 11) is 2.97. The second-order valence-corrected chi connectivity index (χ2v) is 3.47. The lowest BCUT2D eigenvalue weighted by Crippen LogP contribution is -2.35. The molecule has 17 heavy (non-hydrogen) atoms. The zero-order valence-electron chi connectivity index (χ0n) is 9.90. The van der Waals surface area contributed by atoms with E-state index in [9.17, 15) is 9.18 Å². The van der Waals surface area contributed by atoms with Gasteiger partial charge in [-0.25, -0.2) is 4.39 Å². The SMILES string of the molecule is COC(CNC(=O)Cc1ccccc1F)OC. The van der Waals surface area contributed by atoms with Gasteiger partial charge in [0.25, 0.3) is 0 Å². The van der Waals surface area contributed by atoms with Gasteiger partial charge in [0.2, 0.25) is 5.91 Å². The Hall–Kier alpha value is -1.46. The minimum Gasteiger partial charge on any atom is -0.354 e. The zero-order chi connectivity index (χ0) is 12.7. The number of amides is 1. The fraction of sp³-hybridized carbons (Fsp3) is 0.417. The molecule has 0 aliphatic carbocycles. The van der Waals surface area contributed by atoms with Gasteiger partial charge in [-0.15, -0.1) is 0 Å². The van der Waals surface area contributed by atoms with Gasteiger partial charge in [-0.05, 0) is 11.6 Å². The predicted molar refractivity (Wildman–Crippen MR) is 60.9 cm³/mol. The molecule has 0 bridgehead atoms. The molecule has 0 fully saturated rings. The Bertz CT molecular complexity index is 367. The van der Waals surface area contributed by atoms with Crippen molar-refractivity contribution in [2.75, 3.05) is 20.8 Å². The third kappa shape index (κ3) is 4.50. The molecular formula is C12H16FNO3. The first-order chi connectivity index (χ1) is 8.17. The molecular weight excluding hydrogens is 225 g/mol. The predicted octanol–water partition coefficient (Wildman–Crippen LogP) is 1.10. The summed E-state index contributed by atoms with van der Waals surface area (Å²) in [5, 5.41) is 2.60. The van der Waals surface area contributed by atoms with Gasteiger partial charge in [-0.3, -0.25) is 4.79 Å². The lowest BCUT2D eigenvalue weighted by atomic mass is 10.1. The average molecular weight is 241 g/mol. The molecule has 0 radical (unpaired) electrons. The van der Waals surface area contributed by atoms with Crippen LogP contribution in [-0.4, -0.2) is 33.0 Å². The number of hydrogen-bond donors (Lipinski definition) is 1. The van der Waals surface area contributed by atoms with E-state index in [1.807, 2.05) is 0 Å². The van der Waals surface area contributed by atoms with E-state index in [0.29, 0.717) is 5.56 Å². The normalized spacial score (nSPS) is 10.6. The maximum atomic E-state index is 13.3. The lowest BCUT2D eigenvalue weighted by Gasteiger charge is -2.14. The molecule has 4 nitrogen and oxygen atoms in total. The largest absolute Gasteiger partial charge is 0.354 e. The maximum Gasteiger partial charge on any atom is 0.224 e. The summed E-state index contributed by atoms with van der Waals surface area (Å²) in [4.78, 5) is 11.5. The van der Waals surface area contributed by atoms with Crippen LogP contribution in [0.4, 0.5) is 4.39 Å². The van der Waals surface area contributed by atoms with Gasteiger partial charge < -0.3 is 14.8 Å². The van der Waals surface area contributed by atoms with Gasteiger partial charge in [-0.2, -0.15) is 0 Å². The monoisotopic (exact) mass is 241 g/mol. The van der Waals surface area contributed by atoms with E-state index in [-0.39, 0.29) is 24.7 Å². The highest BCUT2D eigenvalue weighted by Gasteiger charge is 2.10. The molecule has 5 heteroatoms. The van der Waals surface area contributed by atoms with Gasteiger partial charge in [-0.1, -0.05) is 18.2 Å². The van der Waals surface area contributed by atoms with E-state index in [0.717, 1.165) is 0 Å². The molecule has 94 valence electrons. The zero-order valence-corrected chi connectivity index (χ0v) is 9.90. The van der Waals surface area contributed by atoms with Crippen LogP contribution < -0.4 is 5.32 Å². The summed E-state index contributed by atoms with van der Waals surface area (Å²) in [5.41, 5.74) is 0.372. The van der Waals surface area contributed by atoms with Crippen LogP contribution in [0, 0.1) is 5.82 Å². The first-order valence-electron chi connectivity index (χ1n) is 5.23. The van der Waals surface area contributed by atoms with Gasteiger partial charge >= 0.3 is 0 Å². The van der Waals surface area contributed by atoms with Crippen molar-refractivity contribution >= 4 is 5.91 Å². The van der Waals surface area contributed by atoms with E-state index < -0.39 is 6.29 Å². The van der Waals surface area contributed by atoms with Crippen molar-refractivity contribution in [3.05, 3.63) is 35.6 Å². The smallest absolute Gasteiger partial charge is 0.224 e. The third-order valence-corrected chi connectivity index (χ3v) is 2.30. The number of halogens is 1. The molecule has 1 aromatic rings. The van der Waals surface area contributed by atoms with Gasteiger partial charge in [0.1, 0.15) is 5.82 Å². The van der Waals surface area contributed by atoms with Crippen molar-refractivity contribution in [3.63, 3.8) is 0 Å². The Kier molecular flexibility index (Phi) is 5.59. The molecule has 0 aliphatic rings. The highest BCUT2D eigenvalue weighted by Crippen LogP contribution is 2.06. The molecule has 0 atom stereocenters. The van der Waals surface area contributed by atoms with Crippen LogP contribution in [-0.2, 0) is 20.7 Å². The number of nitrogens with one attached hydrogen (secondary N) is 1. The van der Waals surface area contributed by atoms with Crippen molar-refractivity contribution in [1.29, 1.82) is 0 Å². The van der Waals surface area contributed by atoms with Crippen LogP contribution in [0.15, 0.2) is 24.3 Å². The molecule has 1 aromatic carbocycles. The number of hydrogen-bond acceptors (Lipinski definition) is 3. The molecule has 0 saturated heterocycles. The number of carbonyl (C=O) groups is 1. The van der Waals surface area contributed by atoms with Crippen molar-refractivity contribution in [2.45, 2.75) is 12.7 Å². The summed E-state index contributed by atoms with van der Waals surface area (Å²) in [6.07, 6.45) is -0.480. The van der Waals surface area contributed by atoms with Crippen LogP contribution in [0.3, 0.4) is 0 Å². The molecule has 1 amide bonds. The molecule has 0 unspecified atom stereocenters. The van der Waals surface area contributed by atoms with Crippen LogP contribution in [0.5, 0.6) is 0 Å². The molecule has 0 saturated carbocycles. The van der Waals surface area contributed by atoms with Gasteiger partial charge in [0, 0.05) is 14.2 Å².